The first-order chi connectivity index (χ1) is 7.41. The normalized spacial score (nSPS) is 12.6. The van der Waals surface area contributed by atoms with Crippen LogP contribution in [0.25, 0.3) is 3.58 Å². The molecule has 1 aromatic rings. The summed E-state index contributed by atoms with van der Waals surface area (Å²) < 4.78 is 0.938. The second-order valence-electron chi connectivity index (χ2n) is 4.28. The molecule has 0 saturated heterocycles. The molecule has 0 bridgehead atoms. The Bertz CT molecular complexity index is 407. The van der Waals surface area contributed by atoms with Crippen molar-refractivity contribution in [3.8, 4) is 0 Å². The lowest BCUT2D eigenvalue weighted by molar-refractivity contribution is -0.117. The fourth-order valence-corrected chi connectivity index (χ4v) is 2.71. The van der Waals surface area contributed by atoms with Crippen molar-refractivity contribution >= 4 is 43.3 Å². The molecular formula is C12H16INOS. The van der Waals surface area contributed by atoms with Gasteiger partial charge in [-0.1, -0.05) is 27.7 Å². The smallest absolute Gasteiger partial charge is 0.159 e. The zero-order valence-electron chi connectivity index (χ0n) is 9.95. The average molecular weight is 349 g/mol. The third-order valence-electron chi connectivity index (χ3n) is 2.16. The number of thiazole rings is 1. The number of nitrogens with zero attached hydrogens (tertiary/aromatic N) is 1. The van der Waals surface area contributed by atoms with Gasteiger partial charge in [0.1, 0.15) is 5.01 Å². The molecule has 0 aliphatic carbocycles. The predicted octanol–water partition coefficient (Wildman–Crippen LogP) is 4.27. The van der Waals surface area contributed by atoms with Gasteiger partial charge in [-0.05, 0) is 34.6 Å². The molecule has 0 radical (unpaired) electrons. The molecule has 0 amide bonds. The number of ketones is 1. The SMILES string of the molecule is CC(C)C(=O)C=C(I)c1nc(C(C)C)cs1. The van der Waals surface area contributed by atoms with Crippen LogP contribution in [0.5, 0.6) is 0 Å². The van der Waals surface area contributed by atoms with Gasteiger partial charge in [-0.3, -0.25) is 4.79 Å². The van der Waals surface area contributed by atoms with Crippen LogP contribution in [0.15, 0.2) is 11.5 Å². The molecule has 0 atom stereocenters. The van der Waals surface area contributed by atoms with E-state index in [4.69, 9.17) is 0 Å². The van der Waals surface area contributed by atoms with E-state index in [1.54, 1.807) is 17.4 Å². The summed E-state index contributed by atoms with van der Waals surface area (Å²) in [5, 5.41) is 3.00. The molecule has 2 nitrogen and oxygen atoms in total. The molecule has 0 saturated carbocycles. The molecule has 0 unspecified atom stereocenters. The van der Waals surface area contributed by atoms with E-state index in [1.807, 2.05) is 13.8 Å². The molecule has 0 fully saturated rings. The van der Waals surface area contributed by atoms with Crippen molar-refractivity contribution in [2.24, 2.45) is 5.92 Å². The molecule has 1 heterocycles. The van der Waals surface area contributed by atoms with E-state index in [-0.39, 0.29) is 11.7 Å². The highest BCUT2D eigenvalue weighted by Gasteiger charge is 2.10. The van der Waals surface area contributed by atoms with Crippen molar-refractivity contribution in [1.29, 1.82) is 0 Å². The standard InChI is InChI=1S/C12H16INOS/c1-7(2)10-6-16-12(14-10)9(13)5-11(15)8(3)4/h5-8H,1-4H3. The number of hydrogen-bond acceptors (Lipinski definition) is 3. The third kappa shape index (κ3) is 3.66. The van der Waals surface area contributed by atoms with Gasteiger partial charge in [0, 0.05) is 11.3 Å². The van der Waals surface area contributed by atoms with Gasteiger partial charge in [0.25, 0.3) is 0 Å². The topological polar surface area (TPSA) is 30.0 Å². The summed E-state index contributed by atoms with van der Waals surface area (Å²) >= 11 is 3.78. The summed E-state index contributed by atoms with van der Waals surface area (Å²) in [7, 11) is 0. The zero-order chi connectivity index (χ0) is 12.3. The number of aromatic nitrogens is 1. The van der Waals surface area contributed by atoms with Crippen molar-refractivity contribution in [2.45, 2.75) is 33.6 Å². The summed E-state index contributed by atoms with van der Waals surface area (Å²) in [6.07, 6.45) is 1.69. The van der Waals surface area contributed by atoms with Crippen LogP contribution in [0.2, 0.25) is 0 Å². The fraction of sp³-hybridized carbons (Fsp3) is 0.500. The molecule has 0 aliphatic heterocycles. The van der Waals surface area contributed by atoms with Crippen LogP contribution in [0.1, 0.15) is 44.3 Å². The number of rotatable bonds is 4. The van der Waals surface area contributed by atoms with Gasteiger partial charge in [0.15, 0.2) is 5.78 Å². The predicted molar refractivity (Wildman–Crippen MR) is 78.0 cm³/mol. The quantitative estimate of drug-likeness (QED) is 0.600. The minimum atomic E-state index is 0.0503. The van der Waals surface area contributed by atoms with Crippen LogP contribution in [-0.2, 0) is 4.79 Å². The Balaban J connectivity index is 2.88. The minimum Gasteiger partial charge on any atom is -0.295 e. The first kappa shape index (κ1) is 13.8. The monoisotopic (exact) mass is 349 g/mol. The minimum absolute atomic E-state index is 0.0503. The average Bonchev–Trinajstić information content (AvgIpc) is 2.65. The zero-order valence-corrected chi connectivity index (χ0v) is 12.9. The van der Waals surface area contributed by atoms with Crippen molar-refractivity contribution in [1.82, 2.24) is 4.98 Å². The Morgan fingerprint density at radius 2 is 2.06 bits per heavy atom. The Morgan fingerprint density at radius 3 is 2.50 bits per heavy atom. The van der Waals surface area contributed by atoms with Gasteiger partial charge >= 0.3 is 0 Å². The number of halogens is 1. The third-order valence-corrected chi connectivity index (χ3v) is 4.24. The Morgan fingerprint density at radius 1 is 1.44 bits per heavy atom. The highest BCUT2D eigenvalue weighted by Crippen LogP contribution is 2.28. The maximum absolute atomic E-state index is 11.6. The Hall–Kier alpha value is -0.230. The highest BCUT2D eigenvalue weighted by atomic mass is 127. The van der Waals surface area contributed by atoms with Crippen LogP contribution in [0, 0.1) is 5.92 Å². The highest BCUT2D eigenvalue weighted by molar-refractivity contribution is 14.1. The van der Waals surface area contributed by atoms with E-state index in [1.165, 1.54) is 0 Å². The van der Waals surface area contributed by atoms with Crippen molar-refractivity contribution in [3.63, 3.8) is 0 Å². The van der Waals surface area contributed by atoms with Gasteiger partial charge < -0.3 is 0 Å². The summed E-state index contributed by atoms with van der Waals surface area (Å²) in [4.78, 5) is 16.1. The lowest BCUT2D eigenvalue weighted by Gasteiger charge is -1.99. The lowest BCUT2D eigenvalue weighted by Crippen LogP contribution is -2.02. The maximum atomic E-state index is 11.6. The van der Waals surface area contributed by atoms with Crippen LogP contribution in [-0.4, -0.2) is 10.8 Å². The molecular weight excluding hydrogens is 333 g/mol. The number of hydrogen-bond donors (Lipinski definition) is 0. The molecule has 0 aliphatic rings. The summed E-state index contributed by atoms with van der Waals surface area (Å²) in [6.45, 7) is 8.05. The molecule has 0 spiro atoms. The van der Waals surface area contributed by atoms with Gasteiger partial charge in [0.05, 0.1) is 9.27 Å². The van der Waals surface area contributed by atoms with Crippen LogP contribution in [0.4, 0.5) is 0 Å². The second kappa shape index (κ2) is 5.91. The van der Waals surface area contributed by atoms with Gasteiger partial charge in [0.2, 0.25) is 0 Å². The molecule has 1 aromatic heterocycles. The molecule has 88 valence electrons. The molecule has 1 rings (SSSR count). The summed E-state index contributed by atoms with van der Waals surface area (Å²) in [5.74, 6) is 0.648. The summed E-state index contributed by atoms with van der Waals surface area (Å²) in [6, 6.07) is 0. The first-order valence-corrected chi connectivity index (χ1v) is 7.24. The van der Waals surface area contributed by atoms with Gasteiger partial charge in [-0.15, -0.1) is 11.3 Å². The number of carbonyl (C=O) groups is 1. The van der Waals surface area contributed by atoms with Crippen molar-refractivity contribution < 1.29 is 4.79 Å². The first-order valence-electron chi connectivity index (χ1n) is 5.28. The molecule has 0 N–H and O–H groups in total. The maximum Gasteiger partial charge on any atom is 0.159 e. The van der Waals surface area contributed by atoms with Crippen LogP contribution in [0.3, 0.4) is 0 Å². The van der Waals surface area contributed by atoms with Crippen molar-refractivity contribution in [3.05, 3.63) is 22.2 Å². The fourth-order valence-electron chi connectivity index (χ4n) is 1.01. The van der Waals surface area contributed by atoms with E-state index in [9.17, 15) is 4.79 Å². The van der Waals surface area contributed by atoms with Gasteiger partial charge in [-0.25, -0.2) is 4.98 Å². The Labute approximate surface area is 114 Å². The summed E-state index contributed by atoms with van der Waals surface area (Å²) in [5.41, 5.74) is 1.10. The van der Waals surface area contributed by atoms with Crippen molar-refractivity contribution in [2.75, 3.05) is 0 Å². The lowest BCUT2D eigenvalue weighted by atomic mass is 10.1. The van der Waals surface area contributed by atoms with E-state index in [0.717, 1.165) is 14.3 Å². The largest absolute Gasteiger partial charge is 0.295 e. The van der Waals surface area contributed by atoms with Crippen LogP contribution >= 0.6 is 33.9 Å². The number of carbonyl (C=O) groups excluding carboxylic acids is 1. The molecule has 4 heteroatoms. The second-order valence-corrected chi connectivity index (χ2v) is 6.30. The molecule has 16 heavy (non-hydrogen) atoms. The molecule has 0 aromatic carbocycles. The van der Waals surface area contributed by atoms with E-state index >= 15 is 0 Å². The van der Waals surface area contributed by atoms with Crippen LogP contribution < -0.4 is 0 Å². The van der Waals surface area contributed by atoms with E-state index < -0.39 is 0 Å². The van der Waals surface area contributed by atoms with Gasteiger partial charge in [-0.2, -0.15) is 0 Å². The van der Waals surface area contributed by atoms with E-state index in [0.29, 0.717) is 5.92 Å². The number of allylic oxidation sites excluding steroid dienone is 1. The van der Waals surface area contributed by atoms with E-state index in [2.05, 4.69) is 46.8 Å². The Kier molecular flexibility index (Phi) is 5.11.